The fourth-order valence-electron chi connectivity index (χ4n) is 2.10. The number of hydrogen-bond acceptors (Lipinski definition) is 7. The fraction of sp³-hybridized carbons (Fsp3) is 0.222. The zero-order valence-electron chi connectivity index (χ0n) is 14.5. The lowest BCUT2D eigenvalue weighted by atomic mass is 10.2. The van der Waals surface area contributed by atoms with E-state index in [1.165, 1.54) is 19.2 Å². The average molecular weight is 374 g/mol. The van der Waals surface area contributed by atoms with Gasteiger partial charge in [-0.15, -0.1) is 0 Å². The summed E-state index contributed by atoms with van der Waals surface area (Å²) in [7, 11) is 1.28. The maximum absolute atomic E-state index is 11.9. The van der Waals surface area contributed by atoms with E-state index in [0.29, 0.717) is 5.75 Å². The van der Waals surface area contributed by atoms with Gasteiger partial charge in [0.2, 0.25) is 0 Å². The SMILES string of the molecule is COc1ccc(C(=O)OCC(=O)NCCOc2ccccc2)cc1[N+](=O)[O-]. The molecule has 1 N–H and O–H groups in total. The zero-order valence-corrected chi connectivity index (χ0v) is 14.5. The second kappa shape index (κ2) is 9.76. The van der Waals surface area contributed by atoms with Crippen LogP contribution < -0.4 is 14.8 Å². The van der Waals surface area contributed by atoms with E-state index in [-0.39, 0.29) is 30.2 Å². The van der Waals surface area contributed by atoms with Crippen LogP contribution in [0.1, 0.15) is 10.4 Å². The number of carbonyl (C=O) groups is 2. The summed E-state index contributed by atoms with van der Waals surface area (Å²) in [6.07, 6.45) is 0. The monoisotopic (exact) mass is 374 g/mol. The summed E-state index contributed by atoms with van der Waals surface area (Å²) < 4.78 is 15.1. The van der Waals surface area contributed by atoms with Crippen molar-refractivity contribution in [2.24, 2.45) is 0 Å². The van der Waals surface area contributed by atoms with E-state index in [4.69, 9.17) is 14.2 Å². The normalized spacial score (nSPS) is 9.96. The van der Waals surface area contributed by atoms with Gasteiger partial charge in [-0.05, 0) is 24.3 Å². The maximum atomic E-state index is 11.9. The highest BCUT2D eigenvalue weighted by atomic mass is 16.6. The first kappa shape index (κ1) is 19.7. The van der Waals surface area contributed by atoms with Crippen LogP contribution in [-0.2, 0) is 9.53 Å². The Kier molecular flexibility index (Phi) is 7.12. The molecule has 0 saturated carbocycles. The number of nitrogens with one attached hydrogen (secondary N) is 1. The molecule has 9 heteroatoms. The van der Waals surface area contributed by atoms with Crippen molar-refractivity contribution < 1.29 is 28.7 Å². The van der Waals surface area contributed by atoms with Gasteiger partial charge in [-0.1, -0.05) is 18.2 Å². The summed E-state index contributed by atoms with van der Waals surface area (Å²) >= 11 is 0. The van der Waals surface area contributed by atoms with E-state index < -0.39 is 23.4 Å². The Morgan fingerprint density at radius 3 is 2.56 bits per heavy atom. The van der Waals surface area contributed by atoms with Crippen LogP contribution in [0.15, 0.2) is 48.5 Å². The third-order valence-electron chi connectivity index (χ3n) is 3.38. The predicted octanol–water partition coefficient (Wildman–Crippen LogP) is 1.96. The predicted molar refractivity (Wildman–Crippen MR) is 94.9 cm³/mol. The minimum atomic E-state index is -0.851. The lowest BCUT2D eigenvalue weighted by Crippen LogP contribution is -2.32. The van der Waals surface area contributed by atoms with Crippen molar-refractivity contribution in [3.8, 4) is 11.5 Å². The number of nitro groups is 1. The van der Waals surface area contributed by atoms with Crippen molar-refractivity contribution in [1.82, 2.24) is 5.32 Å². The Morgan fingerprint density at radius 1 is 1.15 bits per heavy atom. The van der Waals surface area contributed by atoms with Crippen molar-refractivity contribution in [1.29, 1.82) is 0 Å². The molecule has 2 aromatic carbocycles. The summed E-state index contributed by atoms with van der Waals surface area (Å²) in [6.45, 7) is -0.0162. The highest BCUT2D eigenvalue weighted by Crippen LogP contribution is 2.27. The first-order chi connectivity index (χ1) is 13.0. The standard InChI is InChI=1S/C18H18N2O7/c1-25-16-8-7-13(11-15(16)20(23)24)18(22)27-12-17(21)19-9-10-26-14-5-3-2-4-6-14/h2-8,11H,9-10,12H2,1H3,(H,19,21). The van der Waals surface area contributed by atoms with Gasteiger partial charge in [0, 0.05) is 6.07 Å². The third-order valence-corrected chi connectivity index (χ3v) is 3.38. The number of amides is 1. The van der Waals surface area contributed by atoms with Gasteiger partial charge in [0.15, 0.2) is 12.4 Å². The number of ether oxygens (including phenoxy) is 3. The number of benzene rings is 2. The molecule has 27 heavy (non-hydrogen) atoms. The Bertz CT molecular complexity index is 809. The molecule has 0 aliphatic carbocycles. The number of carbonyl (C=O) groups excluding carboxylic acids is 2. The van der Waals surface area contributed by atoms with Crippen molar-refractivity contribution >= 4 is 17.6 Å². The van der Waals surface area contributed by atoms with E-state index in [1.807, 2.05) is 18.2 Å². The van der Waals surface area contributed by atoms with Gasteiger partial charge in [-0.2, -0.15) is 0 Å². The highest BCUT2D eigenvalue weighted by Gasteiger charge is 2.19. The number of para-hydroxylation sites is 1. The lowest BCUT2D eigenvalue weighted by molar-refractivity contribution is -0.385. The van der Waals surface area contributed by atoms with Crippen LogP contribution in [0.4, 0.5) is 5.69 Å². The molecule has 9 nitrogen and oxygen atoms in total. The molecule has 0 fully saturated rings. The molecular weight excluding hydrogens is 356 g/mol. The Labute approximate surface area is 155 Å². The number of nitrogens with zero attached hydrogens (tertiary/aromatic N) is 1. The summed E-state index contributed by atoms with van der Waals surface area (Å²) in [6, 6.07) is 12.7. The molecule has 0 radical (unpaired) electrons. The summed E-state index contributed by atoms with van der Waals surface area (Å²) in [4.78, 5) is 33.9. The van der Waals surface area contributed by atoms with Gasteiger partial charge >= 0.3 is 11.7 Å². The van der Waals surface area contributed by atoms with Gasteiger partial charge in [-0.3, -0.25) is 14.9 Å². The number of hydrogen-bond donors (Lipinski definition) is 1. The lowest BCUT2D eigenvalue weighted by Gasteiger charge is -2.08. The minimum Gasteiger partial charge on any atom is -0.492 e. The maximum Gasteiger partial charge on any atom is 0.338 e. The summed E-state index contributed by atoms with van der Waals surface area (Å²) in [5.74, 6) is -0.661. The zero-order chi connectivity index (χ0) is 19.6. The fourth-order valence-corrected chi connectivity index (χ4v) is 2.10. The van der Waals surface area contributed by atoms with Crippen molar-refractivity contribution in [3.05, 3.63) is 64.2 Å². The summed E-state index contributed by atoms with van der Waals surface area (Å²) in [5, 5.41) is 13.5. The third kappa shape index (κ3) is 5.99. The number of methoxy groups -OCH3 is 1. The molecule has 0 heterocycles. The van der Waals surface area contributed by atoms with Gasteiger partial charge in [0.1, 0.15) is 12.4 Å². The van der Waals surface area contributed by atoms with Crippen LogP contribution in [0.3, 0.4) is 0 Å². The summed E-state index contributed by atoms with van der Waals surface area (Å²) in [5.41, 5.74) is -0.419. The Morgan fingerprint density at radius 2 is 1.89 bits per heavy atom. The van der Waals surface area contributed by atoms with E-state index in [2.05, 4.69) is 5.32 Å². The van der Waals surface area contributed by atoms with E-state index in [1.54, 1.807) is 12.1 Å². The van der Waals surface area contributed by atoms with Crippen molar-refractivity contribution in [2.75, 3.05) is 26.9 Å². The van der Waals surface area contributed by atoms with Gasteiger partial charge in [0.25, 0.3) is 5.91 Å². The quantitative estimate of drug-likeness (QED) is 0.308. The second-order valence-electron chi connectivity index (χ2n) is 5.23. The first-order valence-corrected chi connectivity index (χ1v) is 7.95. The molecule has 0 aromatic heterocycles. The molecule has 0 atom stereocenters. The molecule has 0 bridgehead atoms. The van der Waals surface area contributed by atoms with E-state index in [0.717, 1.165) is 6.07 Å². The molecule has 142 valence electrons. The van der Waals surface area contributed by atoms with E-state index >= 15 is 0 Å². The molecule has 2 rings (SSSR count). The van der Waals surface area contributed by atoms with Crippen molar-refractivity contribution in [2.45, 2.75) is 0 Å². The van der Waals surface area contributed by atoms with Crippen LogP contribution in [0.5, 0.6) is 11.5 Å². The average Bonchev–Trinajstić information content (AvgIpc) is 2.69. The van der Waals surface area contributed by atoms with Crippen LogP contribution in [-0.4, -0.2) is 43.7 Å². The van der Waals surface area contributed by atoms with Gasteiger partial charge in [-0.25, -0.2) is 4.79 Å². The topological polar surface area (TPSA) is 117 Å². The molecular formula is C18H18N2O7. The molecule has 1 amide bonds. The molecule has 2 aromatic rings. The molecule has 0 unspecified atom stereocenters. The molecule has 0 spiro atoms. The first-order valence-electron chi connectivity index (χ1n) is 7.95. The Balaban J connectivity index is 1.77. The van der Waals surface area contributed by atoms with Crippen LogP contribution in [0.2, 0.25) is 0 Å². The number of esters is 1. The smallest absolute Gasteiger partial charge is 0.338 e. The number of rotatable bonds is 9. The van der Waals surface area contributed by atoms with Crippen LogP contribution in [0.25, 0.3) is 0 Å². The van der Waals surface area contributed by atoms with Crippen LogP contribution >= 0.6 is 0 Å². The highest BCUT2D eigenvalue weighted by molar-refractivity contribution is 5.92. The van der Waals surface area contributed by atoms with Gasteiger partial charge in [0.05, 0.1) is 24.1 Å². The van der Waals surface area contributed by atoms with Gasteiger partial charge < -0.3 is 19.5 Å². The molecule has 0 saturated heterocycles. The largest absolute Gasteiger partial charge is 0.492 e. The Hall–Kier alpha value is -3.62. The molecule has 0 aliphatic rings. The van der Waals surface area contributed by atoms with Crippen molar-refractivity contribution in [3.63, 3.8) is 0 Å². The van der Waals surface area contributed by atoms with E-state index in [9.17, 15) is 19.7 Å². The van der Waals surface area contributed by atoms with Crippen LogP contribution in [0, 0.1) is 10.1 Å². The second-order valence-corrected chi connectivity index (χ2v) is 5.23. The minimum absolute atomic E-state index is 0.0210. The molecule has 0 aliphatic heterocycles. The number of nitro benzene ring substituents is 1.